The second kappa shape index (κ2) is 9.41. The van der Waals surface area contributed by atoms with Crippen molar-refractivity contribution in [3.05, 3.63) is 60.2 Å². The van der Waals surface area contributed by atoms with Crippen LogP contribution in [0.1, 0.15) is 37.7 Å². The Labute approximate surface area is 172 Å². The first-order valence-electron chi connectivity index (χ1n) is 9.95. The zero-order chi connectivity index (χ0) is 20.9. The first-order chi connectivity index (χ1) is 14.0. The maximum Gasteiger partial charge on any atom is 0.243 e. The minimum absolute atomic E-state index is 0.00941. The molecule has 0 aromatic heterocycles. The average Bonchev–Trinajstić information content (AvgIpc) is 2.75. The van der Waals surface area contributed by atoms with Crippen LogP contribution in [0.4, 0.5) is 0 Å². The molecule has 156 valence electrons. The molecule has 1 heterocycles. The smallest absolute Gasteiger partial charge is 0.243 e. The summed E-state index contributed by atoms with van der Waals surface area (Å²) in [6.45, 7) is 2.78. The number of hydrogen-bond acceptors (Lipinski definition) is 4. The molecule has 1 atom stereocenters. The molecule has 3 rings (SSSR count). The van der Waals surface area contributed by atoms with Gasteiger partial charge in [0.15, 0.2) is 0 Å². The molecule has 0 spiro atoms. The number of nitrogens with one attached hydrogen (secondary N) is 1. The minimum Gasteiger partial charge on any atom is -0.497 e. The van der Waals surface area contributed by atoms with E-state index >= 15 is 0 Å². The summed E-state index contributed by atoms with van der Waals surface area (Å²) in [7, 11) is -1.99. The van der Waals surface area contributed by atoms with E-state index in [4.69, 9.17) is 4.74 Å². The molecule has 1 amide bonds. The molecule has 1 aliphatic heterocycles. The van der Waals surface area contributed by atoms with E-state index in [1.165, 1.54) is 4.31 Å². The molecule has 1 fully saturated rings. The number of hydrogen-bond donors (Lipinski definition) is 1. The van der Waals surface area contributed by atoms with Gasteiger partial charge in [0.05, 0.1) is 17.9 Å². The Kier molecular flexibility index (Phi) is 6.92. The van der Waals surface area contributed by atoms with Crippen molar-refractivity contribution in [1.29, 1.82) is 0 Å². The van der Waals surface area contributed by atoms with E-state index < -0.39 is 10.0 Å². The number of amides is 1. The van der Waals surface area contributed by atoms with Crippen LogP contribution in [0.15, 0.2) is 59.5 Å². The second-order valence-corrected chi connectivity index (χ2v) is 9.17. The van der Waals surface area contributed by atoms with Crippen LogP contribution in [0.3, 0.4) is 0 Å². The van der Waals surface area contributed by atoms with Crippen LogP contribution in [0.2, 0.25) is 0 Å². The lowest BCUT2D eigenvalue weighted by Gasteiger charge is -2.32. The zero-order valence-corrected chi connectivity index (χ0v) is 17.7. The van der Waals surface area contributed by atoms with Gasteiger partial charge in [0, 0.05) is 19.1 Å². The van der Waals surface area contributed by atoms with E-state index in [1.54, 1.807) is 31.4 Å². The van der Waals surface area contributed by atoms with Crippen LogP contribution in [0.5, 0.6) is 5.75 Å². The van der Waals surface area contributed by atoms with Crippen LogP contribution in [0.25, 0.3) is 0 Å². The fraction of sp³-hybridized carbons (Fsp3) is 0.409. The third-order valence-electron chi connectivity index (χ3n) is 5.42. The Morgan fingerprint density at radius 1 is 1.10 bits per heavy atom. The number of rotatable bonds is 7. The molecule has 2 aromatic rings. The lowest BCUT2D eigenvalue weighted by atomic mass is 9.94. The van der Waals surface area contributed by atoms with Gasteiger partial charge in [0.25, 0.3) is 0 Å². The van der Waals surface area contributed by atoms with Gasteiger partial charge in [0.2, 0.25) is 15.9 Å². The van der Waals surface area contributed by atoms with E-state index in [0.717, 1.165) is 12.0 Å². The molecule has 0 saturated carbocycles. The first kappa shape index (κ1) is 21.3. The fourth-order valence-electron chi connectivity index (χ4n) is 3.70. The molecule has 1 saturated heterocycles. The SMILES string of the molecule is CCC(C(=O)NC1CCN(S(=O)(=O)c2ccc(OC)cc2)CC1)c1ccccc1. The quantitative estimate of drug-likeness (QED) is 0.752. The van der Waals surface area contributed by atoms with E-state index in [-0.39, 0.29) is 22.8 Å². The number of nitrogens with zero attached hydrogens (tertiary/aromatic N) is 1. The van der Waals surface area contributed by atoms with Gasteiger partial charge in [0.1, 0.15) is 5.75 Å². The number of benzene rings is 2. The van der Waals surface area contributed by atoms with Crippen LogP contribution in [0, 0.1) is 0 Å². The summed E-state index contributed by atoms with van der Waals surface area (Å²) in [5.74, 6) is 0.446. The molecule has 1 unspecified atom stereocenters. The Hall–Kier alpha value is -2.38. The Balaban J connectivity index is 1.59. The van der Waals surface area contributed by atoms with Crippen molar-refractivity contribution in [2.75, 3.05) is 20.2 Å². The maximum atomic E-state index is 12.9. The van der Waals surface area contributed by atoms with Gasteiger partial charge in [-0.15, -0.1) is 0 Å². The Bertz CT molecular complexity index is 906. The highest BCUT2D eigenvalue weighted by Crippen LogP contribution is 2.24. The van der Waals surface area contributed by atoms with Crippen LogP contribution in [-0.4, -0.2) is 44.9 Å². The van der Waals surface area contributed by atoms with Crippen LogP contribution in [-0.2, 0) is 14.8 Å². The zero-order valence-electron chi connectivity index (χ0n) is 16.9. The number of piperidine rings is 1. The molecule has 0 radical (unpaired) electrons. The molecule has 0 aliphatic carbocycles. The number of ether oxygens (including phenoxy) is 1. The van der Waals surface area contributed by atoms with Crippen molar-refractivity contribution < 1.29 is 17.9 Å². The van der Waals surface area contributed by atoms with E-state index in [9.17, 15) is 13.2 Å². The number of carbonyl (C=O) groups is 1. The maximum absolute atomic E-state index is 12.9. The topological polar surface area (TPSA) is 75.7 Å². The van der Waals surface area contributed by atoms with Gasteiger partial charge in [-0.2, -0.15) is 4.31 Å². The van der Waals surface area contributed by atoms with Gasteiger partial charge >= 0.3 is 0 Å². The Morgan fingerprint density at radius 3 is 2.28 bits per heavy atom. The third-order valence-corrected chi connectivity index (χ3v) is 7.34. The normalized spacial score (nSPS) is 16.9. The van der Waals surface area contributed by atoms with E-state index in [2.05, 4.69) is 5.32 Å². The summed E-state index contributed by atoms with van der Waals surface area (Å²) in [5, 5.41) is 3.12. The van der Waals surface area contributed by atoms with Gasteiger partial charge in [-0.25, -0.2) is 8.42 Å². The predicted octanol–water partition coefficient (Wildman–Crippen LogP) is 3.16. The van der Waals surface area contributed by atoms with Gasteiger partial charge in [-0.1, -0.05) is 37.3 Å². The van der Waals surface area contributed by atoms with Crippen molar-refractivity contribution in [3.8, 4) is 5.75 Å². The summed E-state index contributed by atoms with van der Waals surface area (Å²) in [6.07, 6.45) is 1.93. The molecule has 1 aliphatic rings. The van der Waals surface area contributed by atoms with Crippen molar-refractivity contribution in [3.63, 3.8) is 0 Å². The van der Waals surface area contributed by atoms with Gasteiger partial charge in [-0.05, 0) is 49.1 Å². The molecule has 2 aromatic carbocycles. The van der Waals surface area contributed by atoms with Crippen LogP contribution < -0.4 is 10.1 Å². The summed E-state index contributed by atoms with van der Waals surface area (Å²) >= 11 is 0. The molecule has 0 bridgehead atoms. The minimum atomic E-state index is -3.54. The highest BCUT2D eigenvalue weighted by Gasteiger charge is 2.31. The highest BCUT2D eigenvalue weighted by molar-refractivity contribution is 7.89. The third kappa shape index (κ3) is 4.97. The summed E-state index contributed by atoms with van der Waals surface area (Å²) in [4.78, 5) is 13.0. The van der Waals surface area contributed by atoms with Crippen molar-refractivity contribution in [2.24, 2.45) is 0 Å². The lowest BCUT2D eigenvalue weighted by molar-refractivity contribution is -0.123. The number of methoxy groups -OCH3 is 1. The Morgan fingerprint density at radius 2 is 1.72 bits per heavy atom. The van der Waals surface area contributed by atoms with Gasteiger partial charge < -0.3 is 10.1 Å². The number of carbonyl (C=O) groups excluding carboxylic acids is 1. The summed E-state index contributed by atoms with van der Waals surface area (Å²) < 4.78 is 32.3. The highest BCUT2D eigenvalue weighted by atomic mass is 32.2. The van der Waals surface area contributed by atoms with Crippen molar-refractivity contribution >= 4 is 15.9 Å². The lowest BCUT2D eigenvalue weighted by Crippen LogP contribution is -2.47. The van der Waals surface area contributed by atoms with Crippen molar-refractivity contribution in [2.45, 2.75) is 43.0 Å². The monoisotopic (exact) mass is 416 g/mol. The van der Waals surface area contributed by atoms with Crippen molar-refractivity contribution in [1.82, 2.24) is 9.62 Å². The molecule has 7 heteroatoms. The summed E-state index contributed by atoms with van der Waals surface area (Å²) in [5.41, 5.74) is 1.01. The molecule has 1 N–H and O–H groups in total. The molecular weight excluding hydrogens is 388 g/mol. The van der Waals surface area contributed by atoms with Crippen LogP contribution >= 0.6 is 0 Å². The van der Waals surface area contributed by atoms with E-state index in [0.29, 0.717) is 31.7 Å². The van der Waals surface area contributed by atoms with Gasteiger partial charge in [-0.3, -0.25) is 4.79 Å². The fourth-order valence-corrected chi connectivity index (χ4v) is 5.17. The standard InChI is InChI=1S/C22H28N2O4S/c1-3-21(17-7-5-4-6-8-17)22(25)23-18-13-15-24(16-14-18)29(26,27)20-11-9-19(28-2)10-12-20/h4-12,18,21H,3,13-16H2,1-2H3,(H,23,25). The number of sulfonamides is 1. The second-order valence-electron chi connectivity index (χ2n) is 7.23. The molecular formula is C22H28N2O4S. The predicted molar refractivity (Wildman–Crippen MR) is 112 cm³/mol. The average molecular weight is 417 g/mol. The summed E-state index contributed by atoms with van der Waals surface area (Å²) in [6, 6.07) is 16.2. The van der Waals surface area contributed by atoms with E-state index in [1.807, 2.05) is 37.3 Å². The largest absolute Gasteiger partial charge is 0.497 e. The first-order valence-corrected chi connectivity index (χ1v) is 11.4. The molecule has 6 nitrogen and oxygen atoms in total. The molecule has 29 heavy (non-hydrogen) atoms.